The van der Waals surface area contributed by atoms with Crippen molar-refractivity contribution in [3.8, 4) is 0 Å². The van der Waals surface area contributed by atoms with Crippen LogP contribution in [0.1, 0.15) is 20.8 Å². The molecule has 0 saturated heterocycles. The van der Waals surface area contributed by atoms with E-state index < -0.39 is 38.2 Å². The first-order valence-electron chi connectivity index (χ1n) is 5.40. The van der Waals surface area contributed by atoms with Gasteiger partial charge in [0, 0.05) is 6.20 Å². The summed E-state index contributed by atoms with van der Waals surface area (Å²) in [5, 5.41) is 9.06. The van der Waals surface area contributed by atoms with E-state index >= 15 is 0 Å². The first-order chi connectivity index (χ1) is 8.54. The minimum Gasteiger partial charge on any atom is -0.480 e. The molecule has 6 nitrogen and oxygen atoms in total. The zero-order valence-corrected chi connectivity index (χ0v) is 11.5. The molecular weight excluding hydrogens is 275 g/mol. The lowest BCUT2D eigenvalue weighted by Crippen LogP contribution is -2.48. The molecule has 0 aromatic carbocycles. The molecule has 0 spiro atoms. The van der Waals surface area contributed by atoms with Crippen LogP contribution in [0.5, 0.6) is 0 Å². The van der Waals surface area contributed by atoms with Crippen LogP contribution >= 0.6 is 0 Å². The van der Waals surface area contributed by atoms with Crippen molar-refractivity contribution in [1.29, 1.82) is 0 Å². The van der Waals surface area contributed by atoms with Gasteiger partial charge in [-0.2, -0.15) is 4.72 Å². The molecule has 2 N–H and O–H groups in total. The SMILES string of the molecule is CC(C)(C)[C@@H](NS(=O)(=O)c1cncc(F)c1)C(=O)O. The van der Waals surface area contributed by atoms with E-state index in [1.807, 2.05) is 4.72 Å². The minimum absolute atomic E-state index is 0.414. The summed E-state index contributed by atoms with van der Waals surface area (Å²) in [6.45, 7) is 4.74. The number of nitrogens with zero attached hydrogens (tertiary/aromatic N) is 1. The van der Waals surface area contributed by atoms with Crippen LogP contribution in [0.15, 0.2) is 23.4 Å². The number of hydrogen-bond acceptors (Lipinski definition) is 4. The zero-order chi connectivity index (χ0) is 14.8. The topological polar surface area (TPSA) is 96.4 Å². The maximum atomic E-state index is 13.0. The van der Waals surface area contributed by atoms with E-state index in [2.05, 4.69) is 4.98 Å². The number of hydrogen-bond donors (Lipinski definition) is 2. The van der Waals surface area contributed by atoms with Crippen molar-refractivity contribution in [2.45, 2.75) is 31.7 Å². The first-order valence-corrected chi connectivity index (χ1v) is 6.88. The van der Waals surface area contributed by atoms with E-state index in [1.165, 1.54) is 0 Å². The maximum Gasteiger partial charge on any atom is 0.322 e. The molecule has 106 valence electrons. The molecule has 0 aliphatic carbocycles. The minimum atomic E-state index is -4.14. The normalized spacial score (nSPS) is 14.1. The highest BCUT2D eigenvalue weighted by atomic mass is 32.2. The lowest BCUT2D eigenvalue weighted by Gasteiger charge is -2.27. The molecule has 8 heteroatoms. The second-order valence-electron chi connectivity index (χ2n) is 5.10. The largest absolute Gasteiger partial charge is 0.480 e. The van der Waals surface area contributed by atoms with E-state index in [9.17, 15) is 17.6 Å². The maximum absolute atomic E-state index is 13.0. The molecule has 1 atom stereocenters. The summed E-state index contributed by atoms with van der Waals surface area (Å²) >= 11 is 0. The summed E-state index contributed by atoms with van der Waals surface area (Å²) in [5.41, 5.74) is -0.834. The van der Waals surface area contributed by atoms with Crippen molar-refractivity contribution in [2.75, 3.05) is 0 Å². The number of aliphatic carboxylic acids is 1. The third-order valence-corrected chi connectivity index (χ3v) is 3.77. The van der Waals surface area contributed by atoms with Gasteiger partial charge in [0.15, 0.2) is 0 Å². The molecule has 0 unspecified atom stereocenters. The highest BCUT2D eigenvalue weighted by Crippen LogP contribution is 2.21. The van der Waals surface area contributed by atoms with Crippen LogP contribution in [0.2, 0.25) is 0 Å². The lowest BCUT2D eigenvalue weighted by molar-refractivity contribution is -0.141. The molecule has 0 aliphatic rings. The number of pyridine rings is 1. The van der Waals surface area contributed by atoms with Gasteiger partial charge in [0.25, 0.3) is 0 Å². The van der Waals surface area contributed by atoms with Gasteiger partial charge < -0.3 is 5.11 Å². The van der Waals surface area contributed by atoms with Gasteiger partial charge in [0.2, 0.25) is 10.0 Å². The zero-order valence-electron chi connectivity index (χ0n) is 10.7. The average molecular weight is 290 g/mol. The molecule has 0 bridgehead atoms. The predicted molar refractivity (Wildman–Crippen MR) is 65.4 cm³/mol. The van der Waals surface area contributed by atoms with Gasteiger partial charge in [-0.3, -0.25) is 9.78 Å². The van der Waals surface area contributed by atoms with Crippen molar-refractivity contribution in [3.63, 3.8) is 0 Å². The number of aromatic nitrogens is 1. The summed E-state index contributed by atoms with van der Waals surface area (Å²) < 4.78 is 38.9. The van der Waals surface area contributed by atoms with Crippen molar-refractivity contribution >= 4 is 16.0 Å². The van der Waals surface area contributed by atoms with E-state index in [1.54, 1.807) is 20.8 Å². The van der Waals surface area contributed by atoms with Crippen LogP contribution in [-0.4, -0.2) is 30.5 Å². The third-order valence-electron chi connectivity index (χ3n) is 2.38. The van der Waals surface area contributed by atoms with Crippen LogP contribution in [0.3, 0.4) is 0 Å². The van der Waals surface area contributed by atoms with Crippen molar-refractivity contribution in [1.82, 2.24) is 9.71 Å². The Hall–Kier alpha value is -1.54. The van der Waals surface area contributed by atoms with Crippen LogP contribution < -0.4 is 4.72 Å². The van der Waals surface area contributed by atoms with E-state index in [4.69, 9.17) is 5.11 Å². The number of carbonyl (C=O) groups is 1. The highest BCUT2D eigenvalue weighted by Gasteiger charge is 2.35. The number of rotatable bonds is 4. The highest BCUT2D eigenvalue weighted by molar-refractivity contribution is 7.89. The summed E-state index contributed by atoms with van der Waals surface area (Å²) in [7, 11) is -4.14. The van der Waals surface area contributed by atoms with Crippen LogP contribution in [0.4, 0.5) is 4.39 Å². The molecule has 0 radical (unpaired) electrons. The Labute approximate surface area is 110 Å². The number of nitrogens with one attached hydrogen (secondary N) is 1. The van der Waals surface area contributed by atoms with Gasteiger partial charge >= 0.3 is 5.97 Å². The molecule has 0 saturated carbocycles. The standard InChI is InChI=1S/C11H15FN2O4S/c1-11(2,3)9(10(15)16)14-19(17,18)8-4-7(12)5-13-6-8/h4-6,9,14H,1-3H3,(H,15,16)/t9-/m0/s1. The first kappa shape index (κ1) is 15.5. The summed E-state index contributed by atoms with van der Waals surface area (Å²) in [6, 6.07) is -0.558. The van der Waals surface area contributed by atoms with Gasteiger partial charge in [0.1, 0.15) is 16.8 Å². The van der Waals surface area contributed by atoms with E-state index in [-0.39, 0.29) is 0 Å². The number of carboxylic acid groups (broad SMARTS) is 1. The van der Waals surface area contributed by atoms with Gasteiger partial charge in [-0.1, -0.05) is 20.8 Å². The van der Waals surface area contributed by atoms with Gasteiger partial charge in [-0.05, 0) is 11.5 Å². The molecule has 1 aromatic rings. The quantitative estimate of drug-likeness (QED) is 0.862. The third kappa shape index (κ3) is 3.97. The Morgan fingerprint density at radius 1 is 1.42 bits per heavy atom. The fourth-order valence-corrected chi connectivity index (χ4v) is 2.73. The fraction of sp³-hybridized carbons (Fsp3) is 0.455. The van der Waals surface area contributed by atoms with Crippen LogP contribution in [0.25, 0.3) is 0 Å². The smallest absolute Gasteiger partial charge is 0.322 e. The molecule has 1 aromatic heterocycles. The van der Waals surface area contributed by atoms with Gasteiger partial charge in [-0.15, -0.1) is 0 Å². The Kier molecular flexibility index (Phi) is 4.26. The molecule has 1 heterocycles. The molecule has 1 rings (SSSR count). The molecule has 19 heavy (non-hydrogen) atoms. The molecule has 0 amide bonds. The second-order valence-corrected chi connectivity index (χ2v) is 6.81. The van der Waals surface area contributed by atoms with Crippen molar-refractivity contribution in [2.24, 2.45) is 5.41 Å². The number of halogens is 1. The molecule has 0 aliphatic heterocycles. The molecule has 0 fully saturated rings. The summed E-state index contributed by atoms with van der Waals surface area (Å²) in [6.07, 6.45) is 1.81. The Bertz CT molecular complexity index is 581. The Morgan fingerprint density at radius 3 is 2.42 bits per heavy atom. The molecular formula is C11H15FN2O4S. The lowest BCUT2D eigenvalue weighted by atomic mass is 9.88. The van der Waals surface area contributed by atoms with Crippen molar-refractivity contribution in [3.05, 3.63) is 24.3 Å². The number of carboxylic acids is 1. The van der Waals surface area contributed by atoms with Gasteiger partial charge in [0.05, 0.1) is 6.20 Å². The van der Waals surface area contributed by atoms with Crippen molar-refractivity contribution < 1.29 is 22.7 Å². The van der Waals surface area contributed by atoms with E-state index in [0.717, 1.165) is 18.5 Å². The van der Waals surface area contributed by atoms with E-state index in [0.29, 0.717) is 0 Å². The van der Waals surface area contributed by atoms with Crippen LogP contribution in [-0.2, 0) is 14.8 Å². The second kappa shape index (κ2) is 5.22. The summed E-state index contributed by atoms with van der Waals surface area (Å²) in [4.78, 5) is 14.1. The van der Waals surface area contributed by atoms with Crippen LogP contribution in [0, 0.1) is 11.2 Å². The Balaban J connectivity index is 3.12. The monoisotopic (exact) mass is 290 g/mol. The predicted octanol–water partition coefficient (Wildman–Crippen LogP) is 0.998. The van der Waals surface area contributed by atoms with Gasteiger partial charge in [-0.25, -0.2) is 12.8 Å². The average Bonchev–Trinajstić information content (AvgIpc) is 2.24. The fourth-order valence-electron chi connectivity index (χ4n) is 1.36. The number of sulfonamides is 1. The Morgan fingerprint density at radius 2 is 2.00 bits per heavy atom. The summed E-state index contributed by atoms with van der Waals surface area (Å²) in [5.74, 6) is -2.12.